The minimum absolute atomic E-state index is 0.445. The van der Waals surface area contributed by atoms with Gasteiger partial charge in [-0.05, 0) is 69.4 Å². The molecule has 0 bridgehead atoms. The molecule has 1 aromatic carbocycles. The Balaban J connectivity index is 1.87. The number of rotatable bonds is 7. The lowest BCUT2D eigenvalue weighted by Gasteiger charge is -2.45. The standard InChI is InChI=1S/C18H29ClN2/c1-13(2)11-20-12-16-7-10-18(16)21(4)14(3)15-5-8-17(19)9-6-15/h5-6,8-9,13-14,16,18,20H,7,10-12H2,1-4H3. The van der Waals surface area contributed by atoms with Crippen molar-refractivity contribution >= 4 is 11.6 Å². The highest BCUT2D eigenvalue weighted by Crippen LogP contribution is 2.35. The van der Waals surface area contributed by atoms with E-state index in [1.165, 1.54) is 18.4 Å². The maximum absolute atomic E-state index is 5.98. The van der Waals surface area contributed by atoms with E-state index in [1.54, 1.807) is 0 Å². The molecule has 1 fully saturated rings. The van der Waals surface area contributed by atoms with Gasteiger partial charge in [-0.25, -0.2) is 0 Å². The van der Waals surface area contributed by atoms with E-state index in [0.717, 1.165) is 29.9 Å². The van der Waals surface area contributed by atoms with E-state index < -0.39 is 0 Å². The van der Waals surface area contributed by atoms with Gasteiger partial charge < -0.3 is 5.32 Å². The summed E-state index contributed by atoms with van der Waals surface area (Å²) in [5.41, 5.74) is 1.35. The van der Waals surface area contributed by atoms with Crippen LogP contribution < -0.4 is 5.32 Å². The molecule has 0 aliphatic heterocycles. The van der Waals surface area contributed by atoms with Crippen molar-refractivity contribution in [3.05, 3.63) is 34.9 Å². The van der Waals surface area contributed by atoms with Gasteiger partial charge in [0.25, 0.3) is 0 Å². The molecule has 3 heteroatoms. The summed E-state index contributed by atoms with van der Waals surface area (Å²) in [6.07, 6.45) is 2.68. The number of nitrogens with zero attached hydrogens (tertiary/aromatic N) is 1. The Bertz CT molecular complexity index is 429. The van der Waals surface area contributed by atoms with Crippen molar-refractivity contribution in [3.8, 4) is 0 Å². The molecular weight excluding hydrogens is 280 g/mol. The van der Waals surface area contributed by atoms with Gasteiger partial charge in [-0.15, -0.1) is 0 Å². The van der Waals surface area contributed by atoms with E-state index in [-0.39, 0.29) is 0 Å². The predicted octanol–water partition coefficient (Wildman–Crippen LogP) is 4.36. The lowest BCUT2D eigenvalue weighted by atomic mass is 9.77. The SMILES string of the molecule is CC(C)CNCC1CCC1N(C)C(C)c1ccc(Cl)cc1. The van der Waals surface area contributed by atoms with Crippen molar-refractivity contribution in [2.45, 2.75) is 45.7 Å². The highest BCUT2D eigenvalue weighted by Gasteiger charge is 2.35. The summed E-state index contributed by atoms with van der Waals surface area (Å²) in [6.45, 7) is 9.10. The first-order chi connectivity index (χ1) is 9.99. The van der Waals surface area contributed by atoms with Crippen molar-refractivity contribution in [3.63, 3.8) is 0 Å². The molecule has 1 N–H and O–H groups in total. The highest BCUT2D eigenvalue weighted by atomic mass is 35.5. The van der Waals surface area contributed by atoms with Crippen LogP contribution in [0.5, 0.6) is 0 Å². The molecule has 21 heavy (non-hydrogen) atoms. The maximum atomic E-state index is 5.98. The Morgan fingerprint density at radius 2 is 1.86 bits per heavy atom. The molecule has 1 saturated carbocycles. The monoisotopic (exact) mass is 308 g/mol. The van der Waals surface area contributed by atoms with Crippen LogP contribution in [0.25, 0.3) is 0 Å². The van der Waals surface area contributed by atoms with Crippen molar-refractivity contribution in [2.24, 2.45) is 11.8 Å². The molecule has 1 aliphatic rings. The topological polar surface area (TPSA) is 15.3 Å². The number of benzene rings is 1. The van der Waals surface area contributed by atoms with Gasteiger partial charge in [0, 0.05) is 17.1 Å². The first kappa shape index (κ1) is 16.8. The van der Waals surface area contributed by atoms with Gasteiger partial charge in [0.05, 0.1) is 0 Å². The third-order valence-corrected chi connectivity index (χ3v) is 5.07. The minimum Gasteiger partial charge on any atom is -0.316 e. The predicted molar refractivity (Wildman–Crippen MR) is 91.8 cm³/mol. The van der Waals surface area contributed by atoms with Crippen LogP contribution in [0.15, 0.2) is 24.3 Å². The molecule has 0 amide bonds. The highest BCUT2D eigenvalue weighted by molar-refractivity contribution is 6.30. The molecule has 0 radical (unpaired) electrons. The number of hydrogen-bond donors (Lipinski definition) is 1. The summed E-state index contributed by atoms with van der Waals surface area (Å²) in [5.74, 6) is 1.53. The molecule has 3 atom stereocenters. The molecule has 3 unspecified atom stereocenters. The first-order valence-electron chi connectivity index (χ1n) is 8.17. The summed E-state index contributed by atoms with van der Waals surface area (Å²) in [7, 11) is 2.26. The van der Waals surface area contributed by atoms with Crippen LogP contribution in [0.2, 0.25) is 5.02 Å². The Labute approximate surface area is 134 Å². The second kappa shape index (κ2) is 7.62. The second-order valence-corrected chi connectivity index (χ2v) is 7.29. The van der Waals surface area contributed by atoms with Gasteiger partial charge in [0.2, 0.25) is 0 Å². The van der Waals surface area contributed by atoms with Gasteiger partial charge in [0.15, 0.2) is 0 Å². The molecule has 2 nitrogen and oxygen atoms in total. The number of halogens is 1. The third kappa shape index (κ3) is 4.45. The zero-order valence-corrected chi connectivity index (χ0v) is 14.5. The summed E-state index contributed by atoms with van der Waals surface area (Å²) >= 11 is 5.98. The Hall–Kier alpha value is -0.570. The van der Waals surface area contributed by atoms with Crippen LogP contribution in [0, 0.1) is 11.8 Å². The van der Waals surface area contributed by atoms with E-state index in [2.05, 4.69) is 50.2 Å². The average Bonchev–Trinajstić information content (AvgIpc) is 2.42. The van der Waals surface area contributed by atoms with Crippen molar-refractivity contribution in [2.75, 3.05) is 20.1 Å². The third-order valence-electron chi connectivity index (χ3n) is 4.82. The molecule has 2 rings (SSSR count). The number of hydrogen-bond acceptors (Lipinski definition) is 2. The van der Waals surface area contributed by atoms with Crippen LogP contribution >= 0.6 is 11.6 Å². The van der Waals surface area contributed by atoms with Crippen molar-refractivity contribution in [1.82, 2.24) is 10.2 Å². The van der Waals surface area contributed by atoms with E-state index in [1.807, 2.05) is 12.1 Å². The summed E-state index contributed by atoms with van der Waals surface area (Å²) in [4.78, 5) is 2.54. The first-order valence-corrected chi connectivity index (χ1v) is 8.55. The van der Waals surface area contributed by atoms with Crippen LogP contribution in [0.1, 0.15) is 45.2 Å². The molecule has 1 aliphatic carbocycles. The molecule has 1 aromatic rings. The molecular formula is C18H29ClN2. The van der Waals surface area contributed by atoms with Crippen LogP contribution in [0.3, 0.4) is 0 Å². The normalized spacial score (nSPS) is 23.4. The fourth-order valence-corrected chi connectivity index (χ4v) is 3.27. The van der Waals surface area contributed by atoms with Gasteiger partial charge in [-0.2, -0.15) is 0 Å². The fraction of sp³-hybridized carbons (Fsp3) is 0.667. The average molecular weight is 309 g/mol. The van der Waals surface area contributed by atoms with Crippen LogP contribution in [-0.2, 0) is 0 Å². The molecule has 0 spiro atoms. The fourth-order valence-electron chi connectivity index (χ4n) is 3.15. The smallest absolute Gasteiger partial charge is 0.0406 e. The molecule has 118 valence electrons. The summed E-state index contributed by atoms with van der Waals surface area (Å²) in [5, 5.41) is 4.43. The van der Waals surface area contributed by atoms with Crippen molar-refractivity contribution < 1.29 is 0 Å². The molecule has 0 aromatic heterocycles. The van der Waals surface area contributed by atoms with E-state index >= 15 is 0 Å². The zero-order chi connectivity index (χ0) is 15.4. The minimum atomic E-state index is 0.445. The van der Waals surface area contributed by atoms with Gasteiger partial charge in [-0.1, -0.05) is 37.6 Å². The van der Waals surface area contributed by atoms with Gasteiger partial charge in [-0.3, -0.25) is 4.90 Å². The lowest BCUT2D eigenvalue weighted by molar-refractivity contribution is 0.0546. The number of nitrogens with one attached hydrogen (secondary N) is 1. The van der Waals surface area contributed by atoms with E-state index in [0.29, 0.717) is 12.1 Å². The molecule has 0 heterocycles. The summed E-state index contributed by atoms with van der Waals surface area (Å²) in [6, 6.07) is 9.42. The van der Waals surface area contributed by atoms with Gasteiger partial charge in [0.1, 0.15) is 0 Å². The zero-order valence-electron chi connectivity index (χ0n) is 13.8. The Morgan fingerprint density at radius 1 is 1.19 bits per heavy atom. The van der Waals surface area contributed by atoms with Crippen LogP contribution in [-0.4, -0.2) is 31.1 Å². The summed E-state index contributed by atoms with van der Waals surface area (Å²) < 4.78 is 0. The second-order valence-electron chi connectivity index (χ2n) is 6.85. The van der Waals surface area contributed by atoms with Crippen LogP contribution in [0.4, 0.5) is 0 Å². The van der Waals surface area contributed by atoms with E-state index in [4.69, 9.17) is 11.6 Å². The quantitative estimate of drug-likeness (QED) is 0.805. The van der Waals surface area contributed by atoms with E-state index in [9.17, 15) is 0 Å². The Morgan fingerprint density at radius 3 is 2.38 bits per heavy atom. The molecule has 0 saturated heterocycles. The Kier molecular flexibility index (Phi) is 6.09. The van der Waals surface area contributed by atoms with Crippen molar-refractivity contribution in [1.29, 1.82) is 0 Å². The van der Waals surface area contributed by atoms with Gasteiger partial charge >= 0.3 is 0 Å². The maximum Gasteiger partial charge on any atom is 0.0406 e. The largest absolute Gasteiger partial charge is 0.316 e. The lowest BCUT2D eigenvalue weighted by Crippen LogP contribution is -2.49.